The highest BCUT2D eigenvalue weighted by atomic mass is 79.9. The number of ether oxygens (including phenoxy) is 1. The van der Waals surface area contributed by atoms with E-state index in [9.17, 15) is 4.79 Å². The van der Waals surface area contributed by atoms with Crippen LogP contribution in [0.3, 0.4) is 0 Å². The van der Waals surface area contributed by atoms with E-state index < -0.39 is 5.97 Å². The average molecular weight is 367 g/mol. The molecule has 0 saturated heterocycles. The van der Waals surface area contributed by atoms with Crippen LogP contribution in [0.5, 0.6) is 5.75 Å². The summed E-state index contributed by atoms with van der Waals surface area (Å²) in [4.78, 5) is 12.1. The standard InChI is InChI=1S/C16H15BrO3S/c17-14-7-1-2-8-15(14)21-10-4-9-20-13-6-3-5-12(11-13)16(18)19/h1-3,5-8,11H,4,9-10H2,(H,18,19). The van der Waals surface area contributed by atoms with Crippen molar-refractivity contribution in [1.29, 1.82) is 0 Å². The summed E-state index contributed by atoms with van der Waals surface area (Å²) in [6, 6.07) is 14.7. The topological polar surface area (TPSA) is 46.5 Å². The highest BCUT2D eigenvalue weighted by Crippen LogP contribution is 2.27. The normalized spacial score (nSPS) is 10.3. The van der Waals surface area contributed by atoms with E-state index in [0.29, 0.717) is 12.4 Å². The molecule has 21 heavy (non-hydrogen) atoms. The van der Waals surface area contributed by atoms with Gasteiger partial charge in [0.25, 0.3) is 0 Å². The zero-order valence-electron chi connectivity index (χ0n) is 11.3. The molecule has 1 N–H and O–H groups in total. The Kier molecular flexibility index (Phi) is 6.14. The van der Waals surface area contributed by atoms with Crippen LogP contribution >= 0.6 is 27.7 Å². The van der Waals surface area contributed by atoms with Crippen molar-refractivity contribution >= 4 is 33.7 Å². The molecule has 0 aliphatic carbocycles. The van der Waals surface area contributed by atoms with Crippen LogP contribution in [-0.2, 0) is 0 Å². The van der Waals surface area contributed by atoms with Crippen LogP contribution in [0.4, 0.5) is 0 Å². The molecule has 0 aromatic heterocycles. The Bertz CT molecular complexity index is 616. The maximum atomic E-state index is 10.9. The summed E-state index contributed by atoms with van der Waals surface area (Å²) in [5.41, 5.74) is 0.245. The molecule has 0 fully saturated rings. The molecule has 2 aromatic carbocycles. The van der Waals surface area contributed by atoms with Gasteiger partial charge in [0.05, 0.1) is 12.2 Å². The Hall–Kier alpha value is -1.46. The van der Waals surface area contributed by atoms with E-state index in [4.69, 9.17) is 9.84 Å². The molecule has 0 aliphatic heterocycles. The summed E-state index contributed by atoms with van der Waals surface area (Å²) in [5.74, 6) is 0.604. The van der Waals surface area contributed by atoms with E-state index in [1.54, 1.807) is 36.0 Å². The zero-order chi connectivity index (χ0) is 15.1. The van der Waals surface area contributed by atoms with Crippen LogP contribution < -0.4 is 4.74 Å². The molecule has 3 nitrogen and oxygen atoms in total. The second-order valence-electron chi connectivity index (χ2n) is 4.31. The molecule has 0 unspecified atom stereocenters. The molecular weight excluding hydrogens is 352 g/mol. The molecule has 0 atom stereocenters. The fourth-order valence-electron chi connectivity index (χ4n) is 1.71. The quantitative estimate of drug-likeness (QED) is 0.569. The third-order valence-electron chi connectivity index (χ3n) is 2.73. The molecule has 110 valence electrons. The van der Waals surface area contributed by atoms with Crippen molar-refractivity contribution in [2.45, 2.75) is 11.3 Å². The van der Waals surface area contributed by atoms with Crippen LogP contribution in [0.1, 0.15) is 16.8 Å². The maximum absolute atomic E-state index is 10.9. The number of benzene rings is 2. The van der Waals surface area contributed by atoms with Gasteiger partial charge in [-0.1, -0.05) is 18.2 Å². The molecule has 0 spiro atoms. The number of carboxylic acid groups (broad SMARTS) is 1. The smallest absolute Gasteiger partial charge is 0.335 e. The highest BCUT2D eigenvalue weighted by molar-refractivity contribution is 9.10. The van der Waals surface area contributed by atoms with Crippen LogP contribution in [0.25, 0.3) is 0 Å². The van der Waals surface area contributed by atoms with Gasteiger partial charge in [-0.05, 0) is 52.7 Å². The zero-order valence-corrected chi connectivity index (χ0v) is 13.7. The minimum atomic E-state index is -0.940. The van der Waals surface area contributed by atoms with Crippen molar-refractivity contribution in [2.75, 3.05) is 12.4 Å². The van der Waals surface area contributed by atoms with Gasteiger partial charge < -0.3 is 9.84 Å². The lowest BCUT2D eigenvalue weighted by molar-refractivity contribution is 0.0696. The molecule has 2 rings (SSSR count). The van der Waals surface area contributed by atoms with E-state index in [2.05, 4.69) is 22.0 Å². The minimum absolute atomic E-state index is 0.245. The number of hydrogen-bond acceptors (Lipinski definition) is 3. The fourth-order valence-corrected chi connectivity index (χ4v) is 3.20. The Morgan fingerprint density at radius 2 is 2.00 bits per heavy atom. The van der Waals surface area contributed by atoms with Gasteiger partial charge >= 0.3 is 5.97 Å². The van der Waals surface area contributed by atoms with Crippen molar-refractivity contribution in [3.63, 3.8) is 0 Å². The van der Waals surface area contributed by atoms with Gasteiger partial charge in [-0.25, -0.2) is 4.79 Å². The number of carboxylic acids is 1. The number of halogens is 1. The molecule has 5 heteroatoms. The first kappa shape index (κ1) is 15.9. The van der Waals surface area contributed by atoms with Crippen LogP contribution in [0, 0.1) is 0 Å². The van der Waals surface area contributed by atoms with Gasteiger partial charge in [0.1, 0.15) is 5.75 Å². The van der Waals surface area contributed by atoms with Crippen molar-refractivity contribution in [2.24, 2.45) is 0 Å². The van der Waals surface area contributed by atoms with Gasteiger partial charge in [0, 0.05) is 15.1 Å². The van der Waals surface area contributed by atoms with Gasteiger partial charge in [-0.3, -0.25) is 0 Å². The number of hydrogen-bond donors (Lipinski definition) is 1. The van der Waals surface area contributed by atoms with Gasteiger partial charge in [-0.15, -0.1) is 11.8 Å². The lowest BCUT2D eigenvalue weighted by Crippen LogP contribution is -2.01. The summed E-state index contributed by atoms with van der Waals surface area (Å²) in [5, 5.41) is 8.91. The van der Waals surface area contributed by atoms with Gasteiger partial charge in [0.2, 0.25) is 0 Å². The van der Waals surface area contributed by atoms with E-state index in [-0.39, 0.29) is 5.56 Å². The number of rotatable bonds is 7. The third-order valence-corrected chi connectivity index (χ3v) is 4.85. The Balaban J connectivity index is 1.74. The Morgan fingerprint density at radius 1 is 1.19 bits per heavy atom. The molecule has 0 heterocycles. The number of thioether (sulfide) groups is 1. The summed E-state index contributed by atoms with van der Waals surface area (Å²) in [6.07, 6.45) is 0.892. The number of aromatic carboxylic acids is 1. The minimum Gasteiger partial charge on any atom is -0.494 e. The summed E-state index contributed by atoms with van der Waals surface area (Å²) in [6.45, 7) is 0.570. The molecule has 0 amide bonds. The summed E-state index contributed by atoms with van der Waals surface area (Å²) < 4.78 is 6.68. The molecular formula is C16H15BrO3S. The molecule has 0 aliphatic rings. The summed E-state index contributed by atoms with van der Waals surface area (Å²) in [7, 11) is 0. The summed E-state index contributed by atoms with van der Waals surface area (Å²) >= 11 is 5.29. The van der Waals surface area contributed by atoms with Crippen molar-refractivity contribution in [3.8, 4) is 5.75 Å². The molecule has 0 radical (unpaired) electrons. The second kappa shape index (κ2) is 8.10. The molecule has 0 bridgehead atoms. The lowest BCUT2D eigenvalue weighted by atomic mass is 10.2. The van der Waals surface area contributed by atoms with Crippen molar-refractivity contribution < 1.29 is 14.6 Å². The second-order valence-corrected chi connectivity index (χ2v) is 6.30. The highest BCUT2D eigenvalue weighted by Gasteiger charge is 2.04. The lowest BCUT2D eigenvalue weighted by Gasteiger charge is -2.07. The molecule has 2 aromatic rings. The Morgan fingerprint density at radius 3 is 2.76 bits per heavy atom. The van der Waals surface area contributed by atoms with Crippen molar-refractivity contribution in [3.05, 3.63) is 58.6 Å². The van der Waals surface area contributed by atoms with Crippen molar-refractivity contribution in [1.82, 2.24) is 0 Å². The SMILES string of the molecule is O=C(O)c1cccc(OCCCSc2ccccc2Br)c1. The van der Waals surface area contributed by atoms with E-state index in [1.807, 2.05) is 18.2 Å². The first-order valence-corrected chi connectivity index (χ1v) is 8.28. The molecule has 0 saturated carbocycles. The van der Waals surface area contributed by atoms with Crippen LogP contribution in [0.2, 0.25) is 0 Å². The van der Waals surface area contributed by atoms with E-state index >= 15 is 0 Å². The fraction of sp³-hybridized carbons (Fsp3) is 0.188. The first-order chi connectivity index (χ1) is 10.2. The van der Waals surface area contributed by atoms with Crippen LogP contribution in [-0.4, -0.2) is 23.4 Å². The van der Waals surface area contributed by atoms with E-state index in [1.165, 1.54) is 4.90 Å². The Labute approximate surface area is 136 Å². The third kappa shape index (κ3) is 5.10. The largest absolute Gasteiger partial charge is 0.494 e. The predicted molar refractivity (Wildman–Crippen MR) is 88.4 cm³/mol. The van der Waals surface area contributed by atoms with Gasteiger partial charge in [0.15, 0.2) is 0 Å². The van der Waals surface area contributed by atoms with Crippen LogP contribution in [0.15, 0.2) is 57.9 Å². The first-order valence-electron chi connectivity index (χ1n) is 6.50. The maximum Gasteiger partial charge on any atom is 0.335 e. The predicted octanol–water partition coefficient (Wildman–Crippen LogP) is 4.71. The average Bonchev–Trinajstić information content (AvgIpc) is 2.49. The number of carbonyl (C=O) groups is 1. The van der Waals surface area contributed by atoms with E-state index in [0.717, 1.165) is 16.6 Å². The van der Waals surface area contributed by atoms with Gasteiger partial charge in [-0.2, -0.15) is 0 Å². The monoisotopic (exact) mass is 366 g/mol.